The van der Waals surface area contributed by atoms with E-state index in [4.69, 9.17) is 11.6 Å². The highest BCUT2D eigenvalue weighted by Crippen LogP contribution is 2.33. The maximum Gasteiger partial charge on any atom is 0.261 e. The molecule has 0 radical (unpaired) electrons. The Labute approximate surface area is 175 Å². The quantitative estimate of drug-likeness (QED) is 0.695. The molecule has 0 atom stereocenters. The standard InChI is InChI=1S/C21H25ClN6O/c1-26(2)14-15-6-10-27(11-7-15)19-5-4-16(22)12-18(19)25-21(29)17-13-24-28-9-3-8-23-20(17)28/h3-5,8-9,12-13,15H,6-7,10-11,14H2,1-2H3,(H,25,29). The van der Waals surface area contributed by atoms with E-state index in [0.29, 0.717) is 27.8 Å². The zero-order valence-corrected chi connectivity index (χ0v) is 17.4. The van der Waals surface area contributed by atoms with Gasteiger partial charge in [-0.1, -0.05) is 11.6 Å². The van der Waals surface area contributed by atoms with Crippen LogP contribution in [0.1, 0.15) is 23.2 Å². The third-order valence-electron chi connectivity index (χ3n) is 5.31. The van der Waals surface area contributed by atoms with Crippen LogP contribution in [-0.4, -0.2) is 59.1 Å². The largest absolute Gasteiger partial charge is 0.370 e. The van der Waals surface area contributed by atoms with Crippen molar-refractivity contribution < 1.29 is 4.79 Å². The van der Waals surface area contributed by atoms with Crippen LogP contribution in [0.2, 0.25) is 5.02 Å². The van der Waals surface area contributed by atoms with Gasteiger partial charge in [0.05, 0.1) is 17.6 Å². The molecule has 1 saturated heterocycles. The Bertz CT molecular complexity index is 1010. The van der Waals surface area contributed by atoms with Crippen LogP contribution in [0.25, 0.3) is 5.65 Å². The van der Waals surface area contributed by atoms with Crippen molar-refractivity contribution in [1.29, 1.82) is 0 Å². The van der Waals surface area contributed by atoms with Gasteiger partial charge in [0.25, 0.3) is 5.91 Å². The van der Waals surface area contributed by atoms with Crippen LogP contribution in [0.3, 0.4) is 0 Å². The van der Waals surface area contributed by atoms with Gasteiger partial charge in [0.1, 0.15) is 5.56 Å². The number of nitrogens with one attached hydrogen (secondary N) is 1. The molecule has 0 unspecified atom stereocenters. The molecule has 1 aliphatic heterocycles. The first kappa shape index (κ1) is 19.7. The van der Waals surface area contributed by atoms with Gasteiger partial charge in [-0.25, -0.2) is 9.50 Å². The molecular weight excluding hydrogens is 388 g/mol. The number of hydrogen-bond donors (Lipinski definition) is 1. The van der Waals surface area contributed by atoms with Gasteiger partial charge in [-0.05, 0) is 57.1 Å². The second-order valence-electron chi connectivity index (χ2n) is 7.75. The van der Waals surface area contributed by atoms with Crippen LogP contribution in [0.15, 0.2) is 42.9 Å². The number of fused-ring (bicyclic) bond motifs is 1. The number of carbonyl (C=O) groups excluding carboxylic acids is 1. The lowest BCUT2D eigenvalue weighted by Gasteiger charge is -2.35. The van der Waals surface area contributed by atoms with Crippen LogP contribution >= 0.6 is 11.6 Å². The number of amides is 1. The molecule has 0 aliphatic carbocycles. The molecule has 1 amide bonds. The number of halogens is 1. The van der Waals surface area contributed by atoms with E-state index in [0.717, 1.165) is 38.2 Å². The van der Waals surface area contributed by atoms with Crippen molar-refractivity contribution in [2.75, 3.05) is 43.9 Å². The molecule has 1 aliphatic rings. The predicted octanol–water partition coefficient (Wildman–Crippen LogP) is 3.41. The summed E-state index contributed by atoms with van der Waals surface area (Å²) in [7, 11) is 4.24. The second kappa shape index (κ2) is 8.39. The SMILES string of the molecule is CN(C)CC1CCN(c2ccc(Cl)cc2NC(=O)c2cnn3cccnc23)CC1. The summed E-state index contributed by atoms with van der Waals surface area (Å²) in [6.45, 7) is 3.03. The molecule has 4 rings (SSSR count). The zero-order valence-electron chi connectivity index (χ0n) is 16.7. The summed E-state index contributed by atoms with van der Waals surface area (Å²) in [5, 5.41) is 7.80. The minimum absolute atomic E-state index is 0.246. The Kier molecular flexibility index (Phi) is 5.69. The highest BCUT2D eigenvalue weighted by atomic mass is 35.5. The summed E-state index contributed by atoms with van der Waals surface area (Å²) >= 11 is 6.24. The van der Waals surface area contributed by atoms with E-state index in [-0.39, 0.29) is 5.91 Å². The van der Waals surface area contributed by atoms with Crippen molar-refractivity contribution in [2.45, 2.75) is 12.8 Å². The second-order valence-corrected chi connectivity index (χ2v) is 8.19. The van der Waals surface area contributed by atoms with Gasteiger partial charge in [0, 0.05) is 37.1 Å². The summed E-state index contributed by atoms with van der Waals surface area (Å²) < 4.78 is 1.59. The van der Waals surface area contributed by atoms with Crippen LogP contribution in [0.4, 0.5) is 11.4 Å². The Hall–Kier alpha value is -2.64. The lowest BCUT2D eigenvalue weighted by Crippen LogP contribution is -2.37. The van der Waals surface area contributed by atoms with Crippen molar-refractivity contribution in [3.05, 3.63) is 53.4 Å². The summed E-state index contributed by atoms with van der Waals surface area (Å²) in [5.74, 6) is 0.459. The number of hydrogen-bond acceptors (Lipinski definition) is 5. The van der Waals surface area contributed by atoms with Gasteiger partial charge in [-0.3, -0.25) is 4.79 Å². The van der Waals surface area contributed by atoms with E-state index in [9.17, 15) is 4.79 Å². The summed E-state index contributed by atoms with van der Waals surface area (Å²) in [6, 6.07) is 7.43. The average Bonchev–Trinajstić information content (AvgIpc) is 3.13. The molecule has 0 bridgehead atoms. The van der Waals surface area contributed by atoms with Crippen molar-refractivity contribution in [3.63, 3.8) is 0 Å². The van der Waals surface area contributed by atoms with Gasteiger partial charge >= 0.3 is 0 Å². The van der Waals surface area contributed by atoms with Gasteiger partial charge in [0.2, 0.25) is 0 Å². The predicted molar refractivity (Wildman–Crippen MR) is 116 cm³/mol. The number of nitrogens with zero attached hydrogens (tertiary/aromatic N) is 5. The Morgan fingerprint density at radius 2 is 2.10 bits per heavy atom. The Morgan fingerprint density at radius 1 is 1.31 bits per heavy atom. The van der Waals surface area contributed by atoms with Crippen molar-refractivity contribution in [2.24, 2.45) is 5.92 Å². The molecule has 0 spiro atoms. The van der Waals surface area contributed by atoms with E-state index in [2.05, 4.69) is 39.3 Å². The van der Waals surface area contributed by atoms with Gasteiger partial charge < -0.3 is 15.1 Å². The minimum atomic E-state index is -0.246. The van der Waals surface area contributed by atoms with Gasteiger partial charge in [-0.15, -0.1) is 0 Å². The number of rotatable bonds is 5. The zero-order chi connectivity index (χ0) is 20.4. The third-order valence-corrected chi connectivity index (χ3v) is 5.54. The maximum atomic E-state index is 12.9. The van der Waals surface area contributed by atoms with E-state index >= 15 is 0 Å². The average molecular weight is 413 g/mol. The first-order chi connectivity index (χ1) is 14.0. The van der Waals surface area contributed by atoms with Crippen molar-refractivity contribution in [1.82, 2.24) is 19.5 Å². The molecule has 1 aromatic carbocycles. The van der Waals surface area contributed by atoms with Crippen LogP contribution < -0.4 is 10.2 Å². The van der Waals surface area contributed by atoms with Crippen LogP contribution in [0, 0.1) is 5.92 Å². The molecule has 8 heteroatoms. The van der Waals surface area contributed by atoms with Crippen molar-refractivity contribution >= 4 is 34.5 Å². The summed E-state index contributed by atoms with van der Waals surface area (Å²) in [5.41, 5.74) is 2.67. The molecule has 0 saturated carbocycles. The third kappa shape index (κ3) is 4.36. The van der Waals surface area contributed by atoms with E-state index in [1.165, 1.54) is 6.20 Å². The maximum absolute atomic E-state index is 12.9. The molecule has 1 N–H and O–H groups in total. The Balaban J connectivity index is 1.54. The van der Waals surface area contributed by atoms with E-state index in [1.807, 2.05) is 12.1 Å². The fourth-order valence-corrected chi connectivity index (χ4v) is 4.11. The van der Waals surface area contributed by atoms with Gasteiger partial charge in [0.15, 0.2) is 5.65 Å². The number of aromatic nitrogens is 3. The molecule has 3 heterocycles. The van der Waals surface area contributed by atoms with Crippen molar-refractivity contribution in [3.8, 4) is 0 Å². The normalized spacial score (nSPS) is 15.2. The fourth-order valence-electron chi connectivity index (χ4n) is 3.93. The number of carbonyl (C=O) groups is 1. The minimum Gasteiger partial charge on any atom is -0.370 e. The summed E-state index contributed by atoms with van der Waals surface area (Å²) in [6.07, 6.45) is 7.21. The first-order valence-corrected chi connectivity index (χ1v) is 10.2. The summed E-state index contributed by atoms with van der Waals surface area (Å²) in [4.78, 5) is 21.8. The molecule has 152 valence electrons. The lowest BCUT2D eigenvalue weighted by atomic mass is 9.96. The van der Waals surface area contributed by atoms with Crippen LogP contribution in [0.5, 0.6) is 0 Å². The van der Waals surface area contributed by atoms with Gasteiger partial charge in [-0.2, -0.15) is 5.10 Å². The first-order valence-electron chi connectivity index (χ1n) is 9.80. The number of benzene rings is 1. The molecule has 7 nitrogen and oxygen atoms in total. The lowest BCUT2D eigenvalue weighted by molar-refractivity contribution is 0.102. The molecule has 29 heavy (non-hydrogen) atoms. The molecule has 3 aromatic rings. The monoisotopic (exact) mass is 412 g/mol. The molecular formula is C21H25ClN6O. The van der Waals surface area contributed by atoms with E-state index in [1.54, 1.807) is 29.0 Å². The highest BCUT2D eigenvalue weighted by Gasteiger charge is 2.23. The topological polar surface area (TPSA) is 65.8 Å². The molecule has 1 fully saturated rings. The Morgan fingerprint density at radius 3 is 2.86 bits per heavy atom. The number of anilines is 2. The highest BCUT2D eigenvalue weighted by molar-refractivity contribution is 6.31. The van der Waals surface area contributed by atoms with Crippen LogP contribution in [-0.2, 0) is 0 Å². The molecule has 2 aromatic heterocycles. The fraction of sp³-hybridized carbons (Fsp3) is 0.381. The van der Waals surface area contributed by atoms with E-state index < -0.39 is 0 Å². The number of piperidine rings is 1. The smallest absolute Gasteiger partial charge is 0.261 e.